The molecule has 1 aliphatic carbocycles. The molecule has 2 fully saturated rings. The number of hydrogen-bond acceptors (Lipinski definition) is 8. The first kappa shape index (κ1) is 19.4. The molecular weight excluding hydrogens is 368 g/mol. The highest BCUT2D eigenvalue weighted by Gasteiger charge is 2.32. The molecule has 0 radical (unpaired) electrons. The Labute approximate surface area is 170 Å². The lowest BCUT2D eigenvalue weighted by Crippen LogP contribution is -2.42. The first-order chi connectivity index (χ1) is 13.8. The molecule has 0 bridgehead atoms. The average Bonchev–Trinajstić information content (AvgIpc) is 3.30. The van der Waals surface area contributed by atoms with Gasteiger partial charge in [-0.2, -0.15) is 10.4 Å². The number of nitrogens with zero attached hydrogens (tertiary/aromatic N) is 8. The van der Waals surface area contributed by atoms with Gasteiger partial charge in [0, 0.05) is 18.0 Å². The van der Waals surface area contributed by atoms with Gasteiger partial charge in [0.2, 0.25) is 0 Å². The Morgan fingerprint density at radius 3 is 2.72 bits per heavy atom. The minimum absolute atomic E-state index is 0.193. The number of hydrogen-bond donors (Lipinski definition) is 2. The first-order valence-corrected chi connectivity index (χ1v) is 10.0. The highest BCUT2D eigenvalue weighted by Crippen LogP contribution is 2.32. The van der Waals surface area contributed by atoms with Crippen LogP contribution in [-0.4, -0.2) is 49.0 Å². The number of hydrazine groups is 1. The maximum Gasteiger partial charge on any atom is 0.166 e. The largest absolute Gasteiger partial charge is 0.339 e. The van der Waals surface area contributed by atoms with E-state index in [2.05, 4.69) is 36.9 Å². The van der Waals surface area contributed by atoms with Gasteiger partial charge in [-0.05, 0) is 25.7 Å². The molecule has 1 saturated heterocycles. The fraction of sp³-hybridized carbons (Fsp3) is 0.632. The van der Waals surface area contributed by atoms with Crippen LogP contribution >= 0.6 is 0 Å². The summed E-state index contributed by atoms with van der Waals surface area (Å²) in [4.78, 5) is 16.3. The second kappa shape index (κ2) is 7.15. The number of aromatic nitrogens is 4. The van der Waals surface area contributed by atoms with E-state index in [1.807, 2.05) is 9.47 Å². The topological polar surface area (TPSA) is 138 Å². The number of nitrogens with two attached hydrogens (primary N) is 2. The number of amidine groups is 1. The highest BCUT2D eigenvalue weighted by atomic mass is 15.5. The summed E-state index contributed by atoms with van der Waals surface area (Å²) < 4.78 is 1.90. The van der Waals surface area contributed by atoms with Crippen molar-refractivity contribution in [2.24, 2.45) is 16.8 Å². The normalized spacial score (nSPS) is 20.3. The fourth-order valence-corrected chi connectivity index (χ4v) is 3.64. The van der Waals surface area contributed by atoms with Gasteiger partial charge in [0.25, 0.3) is 0 Å². The van der Waals surface area contributed by atoms with Crippen LogP contribution in [0.25, 0.3) is 11.2 Å². The Morgan fingerprint density at radius 2 is 2.10 bits per heavy atom. The molecule has 1 aliphatic heterocycles. The van der Waals surface area contributed by atoms with Gasteiger partial charge >= 0.3 is 0 Å². The summed E-state index contributed by atoms with van der Waals surface area (Å²) in [5, 5.41) is 15.1. The van der Waals surface area contributed by atoms with Gasteiger partial charge < -0.3 is 15.3 Å². The van der Waals surface area contributed by atoms with E-state index in [0.29, 0.717) is 35.4 Å². The van der Waals surface area contributed by atoms with Gasteiger partial charge in [-0.15, -0.1) is 0 Å². The summed E-state index contributed by atoms with van der Waals surface area (Å²) in [5.41, 5.74) is 1.14. The van der Waals surface area contributed by atoms with Crippen molar-refractivity contribution in [2.75, 3.05) is 11.4 Å². The van der Waals surface area contributed by atoms with Gasteiger partial charge in [0.15, 0.2) is 22.8 Å². The van der Waals surface area contributed by atoms with Crippen LogP contribution in [0.5, 0.6) is 0 Å². The molecule has 1 unspecified atom stereocenters. The Morgan fingerprint density at radius 1 is 1.34 bits per heavy atom. The van der Waals surface area contributed by atoms with Crippen LogP contribution in [0.4, 0.5) is 5.82 Å². The van der Waals surface area contributed by atoms with Crippen LogP contribution in [-0.2, 0) is 12.0 Å². The van der Waals surface area contributed by atoms with Gasteiger partial charge in [0.1, 0.15) is 11.9 Å². The Bertz CT molecular complexity index is 975. The minimum Gasteiger partial charge on any atom is -0.339 e. The first-order valence-electron chi connectivity index (χ1n) is 10.0. The lowest BCUT2D eigenvalue weighted by Gasteiger charge is -2.24. The van der Waals surface area contributed by atoms with Gasteiger partial charge in [-0.1, -0.05) is 20.8 Å². The number of imidazole rings is 1. The quantitative estimate of drug-likeness (QED) is 0.340. The summed E-state index contributed by atoms with van der Waals surface area (Å²) in [7, 11) is 0. The lowest BCUT2D eigenvalue weighted by atomic mass is 9.95. The maximum atomic E-state index is 9.56. The van der Waals surface area contributed by atoms with Crippen molar-refractivity contribution in [1.29, 1.82) is 5.26 Å². The predicted molar refractivity (Wildman–Crippen MR) is 111 cm³/mol. The molecule has 0 aromatic carbocycles. The Hall–Kier alpha value is -2.93. The summed E-state index contributed by atoms with van der Waals surface area (Å²) in [6.45, 7) is 7.39. The SMILES string of the molecule is CC(C)(C)c1nc(N2CCCC2C#N)c2ncn(C/C(=N/N)N(N)C3CC3)c2n1. The molecule has 0 spiro atoms. The van der Waals surface area contributed by atoms with Crippen molar-refractivity contribution in [2.45, 2.75) is 70.5 Å². The van der Waals surface area contributed by atoms with Crippen LogP contribution in [0.1, 0.15) is 52.3 Å². The Kier molecular flexibility index (Phi) is 4.78. The lowest BCUT2D eigenvalue weighted by molar-refractivity contribution is 0.414. The second-order valence-electron chi connectivity index (χ2n) is 8.83. The van der Waals surface area contributed by atoms with Crippen LogP contribution in [0.3, 0.4) is 0 Å². The molecule has 10 nitrogen and oxygen atoms in total. The van der Waals surface area contributed by atoms with E-state index in [0.717, 1.165) is 38.0 Å². The maximum absolute atomic E-state index is 9.56. The monoisotopic (exact) mass is 396 g/mol. The van der Waals surface area contributed by atoms with Crippen molar-refractivity contribution in [3.05, 3.63) is 12.2 Å². The smallest absolute Gasteiger partial charge is 0.166 e. The van der Waals surface area contributed by atoms with Gasteiger partial charge in [0.05, 0.1) is 18.9 Å². The van der Waals surface area contributed by atoms with Crippen molar-refractivity contribution < 1.29 is 0 Å². The van der Waals surface area contributed by atoms with Gasteiger partial charge in [-0.3, -0.25) is 5.01 Å². The predicted octanol–water partition coefficient (Wildman–Crippen LogP) is 1.23. The van der Waals surface area contributed by atoms with Crippen molar-refractivity contribution in [3.63, 3.8) is 0 Å². The zero-order chi connectivity index (χ0) is 20.8. The van der Waals surface area contributed by atoms with E-state index in [1.54, 1.807) is 11.3 Å². The molecule has 1 saturated carbocycles. The number of fused-ring (bicyclic) bond motifs is 1. The molecule has 2 aromatic heterocycles. The minimum atomic E-state index is -0.251. The van der Waals surface area contributed by atoms with Gasteiger partial charge in [-0.25, -0.2) is 20.8 Å². The zero-order valence-corrected chi connectivity index (χ0v) is 17.2. The van der Waals surface area contributed by atoms with Crippen LogP contribution in [0, 0.1) is 11.3 Å². The van der Waals surface area contributed by atoms with Crippen LogP contribution < -0.4 is 16.6 Å². The van der Waals surface area contributed by atoms with E-state index in [1.165, 1.54) is 0 Å². The number of nitriles is 1. The third-order valence-electron chi connectivity index (χ3n) is 5.49. The van der Waals surface area contributed by atoms with Crippen LogP contribution in [0.15, 0.2) is 11.4 Å². The Balaban J connectivity index is 1.79. The second-order valence-corrected chi connectivity index (χ2v) is 8.83. The van der Waals surface area contributed by atoms with E-state index in [9.17, 15) is 5.26 Å². The molecular formula is C19H28N10. The fourth-order valence-electron chi connectivity index (χ4n) is 3.64. The molecule has 10 heteroatoms. The zero-order valence-electron chi connectivity index (χ0n) is 17.2. The molecule has 4 rings (SSSR count). The standard InChI is InChI=1S/C19H28N10/c1-19(2,3)18-24-16-15(17(25-18)28-8-4-5-13(28)9-20)23-11-27(16)10-14(26-21)29(22)12-6-7-12/h11-13H,4-8,10,21-22H2,1-3H3/b26-14-. The molecule has 154 valence electrons. The van der Waals surface area contributed by atoms with E-state index < -0.39 is 0 Å². The number of rotatable bonds is 4. The van der Waals surface area contributed by atoms with E-state index in [4.69, 9.17) is 21.7 Å². The van der Waals surface area contributed by atoms with E-state index >= 15 is 0 Å². The molecule has 4 N–H and O–H groups in total. The summed E-state index contributed by atoms with van der Waals surface area (Å²) in [5.74, 6) is 13.8. The molecule has 2 aromatic rings. The highest BCUT2D eigenvalue weighted by molar-refractivity contribution is 5.87. The van der Waals surface area contributed by atoms with Crippen molar-refractivity contribution in [1.82, 2.24) is 24.5 Å². The summed E-state index contributed by atoms with van der Waals surface area (Å²) in [6.07, 6.45) is 5.61. The molecule has 29 heavy (non-hydrogen) atoms. The molecule has 1 atom stereocenters. The molecule has 2 aliphatic rings. The third kappa shape index (κ3) is 3.58. The summed E-state index contributed by atoms with van der Waals surface area (Å²) in [6, 6.07) is 2.49. The summed E-state index contributed by atoms with van der Waals surface area (Å²) >= 11 is 0. The number of anilines is 1. The van der Waals surface area contributed by atoms with Crippen molar-refractivity contribution >= 4 is 22.8 Å². The number of hydrazone groups is 1. The van der Waals surface area contributed by atoms with E-state index in [-0.39, 0.29) is 11.5 Å². The van der Waals surface area contributed by atoms with Crippen LogP contribution in [0.2, 0.25) is 0 Å². The average molecular weight is 397 g/mol. The molecule has 3 heterocycles. The third-order valence-corrected chi connectivity index (χ3v) is 5.49. The molecule has 0 amide bonds. The van der Waals surface area contributed by atoms with Crippen molar-refractivity contribution in [3.8, 4) is 6.07 Å².